The molecule has 2 aromatic carbocycles. The van der Waals surface area contributed by atoms with Crippen molar-refractivity contribution < 1.29 is 31.5 Å². The van der Waals surface area contributed by atoms with Gasteiger partial charge in [0.1, 0.15) is 0 Å². The normalized spacial score (nSPS) is 17.4. The van der Waals surface area contributed by atoms with E-state index in [-0.39, 0.29) is 6.04 Å². The Morgan fingerprint density at radius 2 is 1.81 bits per heavy atom. The van der Waals surface area contributed by atoms with E-state index in [2.05, 4.69) is 10.0 Å². The van der Waals surface area contributed by atoms with E-state index in [1.54, 1.807) is 12.1 Å². The van der Waals surface area contributed by atoms with Crippen molar-refractivity contribution in [3.8, 4) is 0 Å². The van der Waals surface area contributed by atoms with Crippen molar-refractivity contribution in [2.24, 2.45) is 0 Å². The van der Waals surface area contributed by atoms with Gasteiger partial charge in [0, 0.05) is 12.6 Å². The second-order valence-corrected chi connectivity index (χ2v) is 7.72. The number of carbonyl (C=O) groups is 1. The van der Waals surface area contributed by atoms with Crippen LogP contribution in [0, 0.1) is 0 Å². The molecule has 2 aromatic rings. The van der Waals surface area contributed by atoms with E-state index >= 15 is 0 Å². The van der Waals surface area contributed by atoms with Crippen molar-refractivity contribution in [3.05, 3.63) is 42.5 Å². The van der Waals surface area contributed by atoms with Crippen LogP contribution in [-0.4, -0.2) is 44.8 Å². The smallest absolute Gasteiger partial charge is 0.475 e. The van der Waals surface area contributed by atoms with Crippen LogP contribution in [-0.2, 0) is 14.8 Å². The van der Waals surface area contributed by atoms with Crippen LogP contribution in [0.4, 0.5) is 13.2 Å². The molecule has 3 rings (SSSR count). The molecule has 0 unspecified atom stereocenters. The maximum atomic E-state index is 12.3. The number of aliphatic carboxylic acids is 1. The van der Waals surface area contributed by atoms with Crippen LogP contribution in [0.2, 0.25) is 0 Å². The van der Waals surface area contributed by atoms with Gasteiger partial charge in [-0.2, -0.15) is 13.2 Å². The lowest BCUT2D eigenvalue weighted by atomic mass is 10.1. The minimum Gasteiger partial charge on any atom is -0.475 e. The highest BCUT2D eigenvalue weighted by atomic mass is 32.2. The number of fused-ring (bicyclic) bond motifs is 1. The van der Waals surface area contributed by atoms with Crippen molar-refractivity contribution in [1.29, 1.82) is 0 Å². The Bertz CT molecular complexity index is 894. The minimum absolute atomic E-state index is 0.255. The Labute approximate surface area is 154 Å². The summed E-state index contributed by atoms with van der Waals surface area (Å²) in [6, 6.07) is 13.2. The lowest BCUT2D eigenvalue weighted by Gasteiger charge is -2.12. The summed E-state index contributed by atoms with van der Waals surface area (Å²) in [7, 11) is -3.43. The number of benzene rings is 2. The molecule has 0 bridgehead atoms. The number of alkyl halides is 3. The average Bonchev–Trinajstić information content (AvgIpc) is 3.13. The number of rotatable bonds is 4. The third-order valence-corrected chi connectivity index (χ3v) is 5.38. The highest BCUT2D eigenvalue weighted by molar-refractivity contribution is 7.89. The maximum Gasteiger partial charge on any atom is 0.490 e. The maximum absolute atomic E-state index is 12.3. The average molecular weight is 404 g/mol. The molecular formula is C17H19F3N2O4S. The molecule has 0 aromatic heterocycles. The SMILES string of the molecule is O=C(O)C(F)(F)F.O=S(=O)(NC[C@H]1CCCN1)c1ccc2ccccc2c1. The van der Waals surface area contributed by atoms with Crippen LogP contribution in [0.25, 0.3) is 10.8 Å². The molecule has 0 aliphatic carbocycles. The summed E-state index contributed by atoms with van der Waals surface area (Å²) in [4.78, 5) is 9.22. The van der Waals surface area contributed by atoms with Gasteiger partial charge < -0.3 is 10.4 Å². The first-order valence-corrected chi connectivity index (χ1v) is 9.60. The lowest BCUT2D eigenvalue weighted by Crippen LogP contribution is -2.37. The molecule has 1 aliphatic heterocycles. The van der Waals surface area contributed by atoms with Gasteiger partial charge in [-0.25, -0.2) is 17.9 Å². The van der Waals surface area contributed by atoms with E-state index < -0.39 is 22.2 Å². The van der Waals surface area contributed by atoms with Gasteiger partial charge in [0.05, 0.1) is 4.90 Å². The number of nitrogens with one attached hydrogen (secondary N) is 2. The second kappa shape index (κ2) is 8.68. The Hall–Kier alpha value is -2.17. The molecule has 0 spiro atoms. The monoisotopic (exact) mass is 404 g/mol. The first kappa shape index (κ1) is 21.1. The Morgan fingerprint density at radius 3 is 2.37 bits per heavy atom. The molecule has 10 heteroatoms. The molecule has 6 nitrogen and oxygen atoms in total. The summed E-state index contributed by atoms with van der Waals surface area (Å²) in [5.41, 5.74) is 0. The van der Waals surface area contributed by atoms with Crippen molar-refractivity contribution >= 4 is 26.8 Å². The highest BCUT2D eigenvalue weighted by Crippen LogP contribution is 2.19. The number of carboxylic acids is 1. The zero-order valence-corrected chi connectivity index (χ0v) is 15.0. The summed E-state index contributed by atoms with van der Waals surface area (Å²) in [5.74, 6) is -2.76. The first-order chi connectivity index (χ1) is 12.6. The zero-order valence-electron chi connectivity index (χ0n) is 14.2. The number of halogens is 3. The van der Waals surface area contributed by atoms with Gasteiger partial charge in [0.2, 0.25) is 10.0 Å². The fourth-order valence-electron chi connectivity index (χ4n) is 2.56. The fraction of sp³-hybridized carbons (Fsp3) is 0.353. The predicted molar refractivity (Wildman–Crippen MR) is 93.9 cm³/mol. The molecular weight excluding hydrogens is 385 g/mol. The van der Waals surface area contributed by atoms with Gasteiger partial charge in [-0.3, -0.25) is 0 Å². The second-order valence-electron chi connectivity index (χ2n) is 5.96. The van der Waals surface area contributed by atoms with E-state index in [1.807, 2.05) is 30.3 Å². The van der Waals surface area contributed by atoms with Crippen LogP contribution in [0.1, 0.15) is 12.8 Å². The lowest BCUT2D eigenvalue weighted by molar-refractivity contribution is -0.192. The molecule has 27 heavy (non-hydrogen) atoms. The van der Waals surface area contributed by atoms with Crippen molar-refractivity contribution in [1.82, 2.24) is 10.0 Å². The van der Waals surface area contributed by atoms with E-state index in [9.17, 15) is 21.6 Å². The number of carboxylic acid groups (broad SMARTS) is 1. The molecule has 0 saturated carbocycles. The molecule has 1 aliphatic rings. The molecule has 0 radical (unpaired) electrons. The standard InChI is InChI=1S/C15H18N2O2S.C2HF3O2/c18-20(19,17-11-14-6-3-9-16-14)15-8-7-12-4-1-2-5-13(12)10-15;3-2(4,5)1(6)7/h1-2,4-5,7-8,10,14,16-17H,3,6,9,11H2;(H,6,7)/t14-;/m1./s1. The van der Waals surface area contributed by atoms with Crippen molar-refractivity contribution in [2.75, 3.05) is 13.1 Å². The molecule has 148 valence electrons. The Morgan fingerprint density at radius 1 is 1.19 bits per heavy atom. The van der Waals surface area contributed by atoms with Gasteiger partial charge in [-0.05, 0) is 42.3 Å². The number of hydrogen-bond acceptors (Lipinski definition) is 4. The predicted octanol–water partition coefficient (Wildman–Crippen LogP) is 2.50. The minimum atomic E-state index is -5.08. The fourth-order valence-corrected chi connectivity index (χ4v) is 3.68. The van der Waals surface area contributed by atoms with Crippen LogP contribution in [0.5, 0.6) is 0 Å². The van der Waals surface area contributed by atoms with Crippen LogP contribution in [0.3, 0.4) is 0 Å². The summed E-state index contributed by atoms with van der Waals surface area (Å²) in [5, 5.41) is 12.4. The largest absolute Gasteiger partial charge is 0.490 e. The van der Waals surface area contributed by atoms with Gasteiger partial charge in [0.25, 0.3) is 0 Å². The molecule has 1 fully saturated rings. The third-order valence-electron chi connectivity index (χ3n) is 3.96. The first-order valence-electron chi connectivity index (χ1n) is 8.11. The van der Waals surface area contributed by atoms with Gasteiger partial charge in [-0.1, -0.05) is 30.3 Å². The van der Waals surface area contributed by atoms with Crippen molar-refractivity contribution in [3.63, 3.8) is 0 Å². The molecule has 1 heterocycles. The Kier molecular flexibility index (Phi) is 6.79. The van der Waals surface area contributed by atoms with Gasteiger partial charge >= 0.3 is 12.1 Å². The molecule has 1 saturated heterocycles. The van der Waals surface area contributed by atoms with E-state index in [4.69, 9.17) is 9.90 Å². The third kappa shape index (κ3) is 6.19. The molecule has 0 amide bonds. The summed E-state index contributed by atoms with van der Waals surface area (Å²) < 4.78 is 59.0. The number of hydrogen-bond donors (Lipinski definition) is 3. The van der Waals surface area contributed by atoms with Crippen LogP contribution in [0.15, 0.2) is 47.4 Å². The quantitative estimate of drug-likeness (QED) is 0.728. The van der Waals surface area contributed by atoms with E-state index in [1.165, 1.54) is 0 Å². The molecule has 3 N–H and O–H groups in total. The van der Waals surface area contributed by atoms with Gasteiger partial charge in [0.15, 0.2) is 0 Å². The topological polar surface area (TPSA) is 95.5 Å². The summed E-state index contributed by atoms with van der Waals surface area (Å²) in [6.45, 7) is 1.43. The van der Waals surface area contributed by atoms with E-state index in [0.29, 0.717) is 11.4 Å². The summed E-state index contributed by atoms with van der Waals surface area (Å²) >= 11 is 0. The Balaban J connectivity index is 0.000000321. The number of sulfonamides is 1. The zero-order chi connectivity index (χ0) is 20.1. The van der Waals surface area contributed by atoms with E-state index in [0.717, 1.165) is 30.2 Å². The van der Waals surface area contributed by atoms with Crippen molar-refractivity contribution in [2.45, 2.75) is 30.0 Å². The van der Waals surface area contributed by atoms with Gasteiger partial charge in [-0.15, -0.1) is 0 Å². The molecule has 1 atom stereocenters. The van der Waals surface area contributed by atoms with Crippen LogP contribution >= 0.6 is 0 Å². The summed E-state index contributed by atoms with van der Waals surface area (Å²) in [6.07, 6.45) is -2.94. The highest BCUT2D eigenvalue weighted by Gasteiger charge is 2.38. The van der Waals surface area contributed by atoms with Crippen LogP contribution < -0.4 is 10.0 Å².